The van der Waals surface area contributed by atoms with E-state index in [2.05, 4.69) is 50.3 Å². The van der Waals surface area contributed by atoms with Gasteiger partial charge in [-0.25, -0.2) is 0 Å². The molecule has 4 heteroatoms. The van der Waals surface area contributed by atoms with E-state index in [1.165, 1.54) is 141 Å². The smallest absolute Gasteiger partial charge is 0.306 e. The van der Waals surface area contributed by atoms with Crippen molar-refractivity contribution in [1.29, 1.82) is 0 Å². The van der Waals surface area contributed by atoms with Gasteiger partial charge in [0.25, 0.3) is 0 Å². The van der Waals surface area contributed by atoms with Gasteiger partial charge in [-0.3, -0.25) is 4.79 Å². The van der Waals surface area contributed by atoms with E-state index in [0.717, 1.165) is 25.7 Å². The number of rotatable bonds is 35. The number of allylic oxidation sites excluding steroid dienone is 6. The summed E-state index contributed by atoms with van der Waals surface area (Å²) in [6.07, 6.45) is 46.1. The van der Waals surface area contributed by atoms with E-state index in [-0.39, 0.29) is 19.2 Å². The fourth-order valence-corrected chi connectivity index (χ4v) is 5.29. The topological polar surface area (TPSA) is 55.8 Å². The molecule has 0 aliphatic heterocycles. The maximum atomic E-state index is 12.1. The normalized spacial score (nSPS) is 12.7. The van der Waals surface area contributed by atoms with Gasteiger partial charge in [-0.05, 0) is 70.6 Å². The van der Waals surface area contributed by atoms with Crippen LogP contribution in [0.25, 0.3) is 0 Å². The van der Waals surface area contributed by atoms with Crippen molar-refractivity contribution in [2.75, 3.05) is 19.8 Å². The zero-order chi connectivity index (χ0) is 32.0. The summed E-state index contributed by atoms with van der Waals surface area (Å²) in [5.41, 5.74) is 0. The van der Waals surface area contributed by atoms with Crippen LogP contribution >= 0.6 is 0 Å². The third kappa shape index (κ3) is 35.1. The van der Waals surface area contributed by atoms with Crippen molar-refractivity contribution in [1.82, 2.24) is 0 Å². The standard InChI is InChI=1S/C40H74O4/c1-3-5-7-9-11-13-15-17-18-19-20-21-22-24-26-28-30-32-34-36-43-38-39(37-41)44-40(42)35-33-31-29-27-25-23-16-14-12-10-8-6-4-2/h13-16,18-19,39,41H,3-12,17,20-38H2,1-2H3/b15-13-,16-14-,19-18-. The minimum absolute atomic E-state index is 0.177. The molecule has 0 aromatic carbocycles. The van der Waals surface area contributed by atoms with Crippen LogP contribution < -0.4 is 0 Å². The van der Waals surface area contributed by atoms with E-state index in [1.54, 1.807) is 0 Å². The van der Waals surface area contributed by atoms with Crippen LogP contribution in [0.15, 0.2) is 36.5 Å². The van der Waals surface area contributed by atoms with Gasteiger partial charge >= 0.3 is 5.97 Å². The summed E-state index contributed by atoms with van der Waals surface area (Å²) in [5.74, 6) is -0.213. The van der Waals surface area contributed by atoms with Gasteiger partial charge in [0.05, 0.1) is 13.2 Å². The van der Waals surface area contributed by atoms with Crippen LogP contribution in [0.4, 0.5) is 0 Å². The number of hydrogen-bond donors (Lipinski definition) is 1. The van der Waals surface area contributed by atoms with Crippen LogP contribution in [0.5, 0.6) is 0 Å². The average Bonchev–Trinajstić information content (AvgIpc) is 3.03. The molecule has 0 bridgehead atoms. The first-order valence-electron chi connectivity index (χ1n) is 19.1. The first-order valence-corrected chi connectivity index (χ1v) is 19.1. The Morgan fingerprint density at radius 3 is 1.43 bits per heavy atom. The van der Waals surface area contributed by atoms with E-state index < -0.39 is 6.10 Å². The van der Waals surface area contributed by atoms with Crippen molar-refractivity contribution >= 4 is 5.97 Å². The second kappa shape index (κ2) is 37.8. The van der Waals surface area contributed by atoms with Crippen LogP contribution in [0.3, 0.4) is 0 Å². The Hall–Kier alpha value is -1.39. The van der Waals surface area contributed by atoms with Crippen LogP contribution in [-0.2, 0) is 14.3 Å². The molecule has 0 rings (SSSR count). The Bertz CT molecular complexity index is 654. The van der Waals surface area contributed by atoms with Crippen LogP contribution in [-0.4, -0.2) is 37.0 Å². The summed E-state index contributed by atoms with van der Waals surface area (Å²) in [6.45, 7) is 5.30. The van der Waals surface area contributed by atoms with E-state index in [4.69, 9.17) is 9.47 Å². The molecule has 0 saturated heterocycles. The zero-order valence-corrected chi connectivity index (χ0v) is 29.4. The van der Waals surface area contributed by atoms with Crippen molar-refractivity contribution in [2.24, 2.45) is 0 Å². The van der Waals surface area contributed by atoms with Gasteiger partial charge in [0.2, 0.25) is 0 Å². The zero-order valence-electron chi connectivity index (χ0n) is 29.4. The third-order valence-corrected chi connectivity index (χ3v) is 8.19. The molecule has 0 aromatic rings. The number of aliphatic hydroxyl groups is 1. The Morgan fingerprint density at radius 1 is 0.545 bits per heavy atom. The lowest BCUT2D eigenvalue weighted by atomic mass is 10.1. The van der Waals surface area contributed by atoms with E-state index in [1.807, 2.05) is 0 Å². The predicted octanol–water partition coefficient (Wildman–Crippen LogP) is 12.1. The molecule has 44 heavy (non-hydrogen) atoms. The maximum absolute atomic E-state index is 12.1. The summed E-state index contributed by atoms with van der Waals surface area (Å²) in [7, 11) is 0. The Labute approximate surface area is 274 Å². The number of carbonyl (C=O) groups is 1. The highest BCUT2D eigenvalue weighted by Crippen LogP contribution is 2.12. The minimum Gasteiger partial charge on any atom is -0.457 e. The second-order valence-electron chi connectivity index (χ2n) is 12.6. The molecular weight excluding hydrogens is 544 g/mol. The molecule has 0 aliphatic rings. The lowest BCUT2D eigenvalue weighted by Crippen LogP contribution is -2.27. The summed E-state index contributed by atoms with van der Waals surface area (Å²) < 4.78 is 11.1. The number of hydrogen-bond acceptors (Lipinski definition) is 4. The van der Waals surface area contributed by atoms with Crippen LogP contribution in [0.1, 0.15) is 187 Å². The molecule has 0 saturated carbocycles. The summed E-state index contributed by atoms with van der Waals surface area (Å²) in [4.78, 5) is 12.1. The van der Waals surface area contributed by atoms with Gasteiger partial charge in [-0.1, -0.05) is 147 Å². The molecule has 1 atom stereocenters. The summed E-state index contributed by atoms with van der Waals surface area (Å²) in [6, 6.07) is 0. The maximum Gasteiger partial charge on any atom is 0.306 e. The van der Waals surface area contributed by atoms with Gasteiger partial charge in [0.15, 0.2) is 0 Å². The van der Waals surface area contributed by atoms with Gasteiger partial charge in [-0.2, -0.15) is 0 Å². The van der Waals surface area contributed by atoms with E-state index in [9.17, 15) is 9.90 Å². The lowest BCUT2D eigenvalue weighted by molar-refractivity contribution is -0.154. The Kier molecular flexibility index (Phi) is 36.6. The van der Waals surface area contributed by atoms with Gasteiger partial charge in [0, 0.05) is 13.0 Å². The van der Waals surface area contributed by atoms with E-state index >= 15 is 0 Å². The monoisotopic (exact) mass is 619 g/mol. The highest BCUT2D eigenvalue weighted by Gasteiger charge is 2.13. The molecule has 0 amide bonds. The van der Waals surface area contributed by atoms with Gasteiger partial charge < -0.3 is 14.6 Å². The number of ether oxygens (including phenoxy) is 2. The van der Waals surface area contributed by atoms with Crippen molar-refractivity contribution in [3.05, 3.63) is 36.5 Å². The number of unbranched alkanes of at least 4 members (excludes halogenated alkanes) is 21. The molecule has 258 valence electrons. The van der Waals surface area contributed by atoms with Crippen molar-refractivity contribution in [2.45, 2.75) is 193 Å². The quantitative estimate of drug-likeness (QED) is 0.0436. The molecule has 0 aromatic heterocycles. The van der Waals surface area contributed by atoms with Crippen LogP contribution in [0.2, 0.25) is 0 Å². The molecule has 0 radical (unpaired) electrons. The van der Waals surface area contributed by atoms with Crippen molar-refractivity contribution in [3.8, 4) is 0 Å². The minimum atomic E-state index is -0.539. The molecular formula is C40H74O4. The Morgan fingerprint density at radius 2 is 0.955 bits per heavy atom. The first-order chi connectivity index (χ1) is 21.7. The van der Waals surface area contributed by atoms with Gasteiger partial charge in [-0.15, -0.1) is 0 Å². The lowest BCUT2D eigenvalue weighted by Gasteiger charge is -2.15. The largest absolute Gasteiger partial charge is 0.457 e. The number of aliphatic hydroxyl groups excluding tert-OH is 1. The summed E-state index contributed by atoms with van der Waals surface area (Å²) >= 11 is 0. The fraction of sp³-hybridized carbons (Fsp3) is 0.825. The van der Waals surface area contributed by atoms with Crippen LogP contribution in [0, 0.1) is 0 Å². The van der Waals surface area contributed by atoms with Gasteiger partial charge in [0.1, 0.15) is 6.10 Å². The number of esters is 1. The average molecular weight is 619 g/mol. The molecule has 1 unspecified atom stereocenters. The SMILES string of the molecule is CCCCCC/C=C\C/C=C\CCCCCCCCCCOCC(CO)OC(=O)CCCCCCC/C=C\CCCCCC. The molecule has 0 aliphatic carbocycles. The summed E-state index contributed by atoms with van der Waals surface area (Å²) in [5, 5.41) is 9.56. The number of carbonyl (C=O) groups excluding carboxylic acids is 1. The molecule has 0 fully saturated rings. The first kappa shape index (κ1) is 42.6. The molecule has 0 spiro atoms. The highest BCUT2D eigenvalue weighted by atomic mass is 16.6. The highest BCUT2D eigenvalue weighted by molar-refractivity contribution is 5.69. The Balaban J connectivity index is 3.45. The van der Waals surface area contributed by atoms with Crippen molar-refractivity contribution < 1.29 is 19.4 Å². The molecule has 4 nitrogen and oxygen atoms in total. The molecule has 1 N–H and O–H groups in total. The fourth-order valence-electron chi connectivity index (χ4n) is 5.29. The predicted molar refractivity (Wildman–Crippen MR) is 191 cm³/mol. The van der Waals surface area contributed by atoms with Crippen molar-refractivity contribution in [3.63, 3.8) is 0 Å². The second-order valence-corrected chi connectivity index (χ2v) is 12.6. The third-order valence-electron chi connectivity index (χ3n) is 8.19. The van der Waals surface area contributed by atoms with E-state index in [0.29, 0.717) is 13.0 Å². The molecule has 0 heterocycles.